The molecule has 0 heterocycles. The number of carbonyl (C=O) groups excluding carboxylic acids is 1. The zero-order valence-corrected chi connectivity index (χ0v) is 39.4. The fourth-order valence-corrected chi connectivity index (χ4v) is 6.88. The number of phosphoric ester groups is 1. The summed E-state index contributed by atoms with van der Waals surface area (Å²) in [6.07, 6.45) is 57.4. The number of unbranched alkanes of at least 4 members (excludes halogenated alkanes) is 16. The van der Waals surface area contributed by atoms with Gasteiger partial charge in [0, 0.05) is 6.42 Å². The molecule has 0 aromatic heterocycles. The number of hydrogen-bond acceptors (Lipinski definition) is 5. The lowest BCUT2D eigenvalue weighted by Crippen LogP contribution is -2.45. The van der Waals surface area contributed by atoms with Crippen LogP contribution in [0, 0.1) is 0 Å². The molecule has 0 saturated heterocycles. The Balaban J connectivity index is 3.87. The van der Waals surface area contributed by atoms with E-state index in [0.29, 0.717) is 17.4 Å². The van der Waals surface area contributed by atoms with Crippen LogP contribution in [0.4, 0.5) is 0 Å². The lowest BCUT2D eigenvalue weighted by atomic mass is 10.0. The molecule has 0 rings (SSSR count). The fourth-order valence-electron chi connectivity index (χ4n) is 6.15. The van der Waals surface area contributed by atoms with Crippen molar-refractivity contribution in [3.8, 4) is 0 Å². The van der Waals surface area contributed by atoms with Crippen LogP contribution < -0.4 is 5.32 Å². The summed E-state index contributed by atoms with van der Waals surface area (Å²) in [5, 5.41) is 13.5. The van der Waals surface area contributed by atoms with Gasteiger partial charge in [0.2, 0.25) is 5.91 Å². The van der Waals surface area contributed by atoms with Crippen LogP contribution in [-0.4, -0.2) is 73.4 Å². The van der Waals surface area contributed by atoms with Crippen LogP contribution in [0.2, 0.25) is 0 Å². The van der Waals surface area contributed by atoms with Gasteiger partial charge in [-0.3, -0.25) is 13.8 Å². The lowest BCUT2D eigenvalue weighted by Gasteiger charge is -2.25. The van der Waals surface area contributed by atoms with Gasteiger partial charge in [0.15, 0.2) is 0 Å². The Labute approximate surface area is 363 Å². The number of rotatable bonds is 41. The van der Waals surface area contributed by atoms with Gasteiger partial charge in [-0.2, -0.15) is 0 Å². The summed E-state index contributed by atoms with van der Waals surface area (Å²) in [5.74, 6) is -0.191. The number of carbonyl (C=O) groups is 1. The molecular weight excluding hydrogens is 756 g/mol. The Kier molecular flexibility index (Phi) is 39.4. The van der Waals surface area contributed by atoms with E-state index in [0.717, 1.165) is 77.0 Å². The molecule has 0 fully saturated rings. The minimum absolute atomic E-state index is 0.0571. The number of nitrogens with zero attached hydrogens (tertiary/aromatic N) is 1. The van der Waals surface area contributed by atoms with Crippen LogP contribution in [-0.2, 0) is 18.4 Å². The van der Waals surface area contributed by atoms with Crippen LogP contribution >= 0.6 is 7.82 Å². The van der Waals surface area contributed by atoms with Crippen molar-refractivity contribution in [1.29, 1.82) is 0 Å². The van der Waals surface area contributed by atoms with Gasteiger partial charge in [0.1, 0.15) is 13.2 Å². The SMILES string of the molecule is CC/C=C\C/C=C\C/C=C\C/C=C\C/C=C\C/C=C\CCCCCCCCCCCCCCCCC(=O)NC(COP(=O)(O)OCC[N+](C)(C)C)C(O)/C=C/CCCC. The van der Waals surface area contributed by atoms with E-state index >= 15 is 0 Å². The molecule has 0 aromatic rings. The molecule has 8 nitrogen and oxygen atoms in total. The number of hydrogen-bond donors (Lipinski definition) is 3. The molecule has 0 aliphatic carbocycles. The minimum Gasteiger partial charge on any atom is -0.387 e. The highest BCUT2D eigenvalue weighted by atomic mass is 31.2. The molecule has 0 aliphatic rings. The Hall–Kier alpha value is -2.32. The second-order valence-electron chi connectivity index (χ2n) is 16.8. The maximum atomic E-state index is 12.7. The molecule has 340 valence electrons. The van der Waals surface area contributed by atoms with Crippen LogP contribution in [0.15, 0.2) is 85.1 Å². The van der Waals surface area contributed by atoms with Crippen LogP contribution in [0.5, 0.6) is 0 Å². The largest absolute Gasteiger partial charge is 0.472 e. The minimum atomic E-state index is -4.32. The van der Waals surface area contributed by atoms with E-state index in [1.165, 1.54) is 77.0 Å². The number of allylic oxidation sites excluding steroid dienone is 13. The number of amides is 1. The molecule has 0 spiro atoms. The molecule has 3 N–H and O–H groups in total. The van der Waals surface area contributed by atoms with Crippen molar-refractivity contribution >= 4 is 13.7 Å². The van der Waals surface area contributed by atoms with E-state index in [1.54, 1.807) is 6.08 Å². The molecule has 0 aliphatic heterocycles. The highest BCUT2D eigenvalue weighted by molar-refractivity contribution is 7.47. The molecule has 9 heteroatoms. The highest BCUT2D eigenvalue weighted by Crippen LogP contribution is 2.43. The second kappa shape index (κ2) is 41.1. The zero-order chi connectivity index (χ0) is 43.6. The lowest BCUT2D eigenvalue weighted by molar-refractivity contribution is -0.870. The van der Waals surface area contributed by atoms with E-state index in [9.17, 15) is 19.4 Å². The number of likely N-dealkylation sites (N-methyl/N-ethyl adjacent to an activating group) is 1. The Morgan fingerprint density at radius 3 is 1.47 bits per heavy atom. The Morgan fingerprint density at radius 1 is 0.593 bits per heavy atom. The molecule has 3 atom stereocenters. The molecule has 3 unspecified atom stereocenters. The summed E-state index contributed by atoms with van der Waals surface area (Å²) in [5.41, 5.74) is 0. The summed E-state index contributed by atoms with van der Waals surface area (Å²) < 4.78 is 23.3. The first-order chi connectivity index (χ1) is 28.5. The van der Waals surface area contributed by atoms with Crippen LogP contribution in [0.3, 0.4) is 0 Å². The van der Waals surface area contributed by atoms with Gasteiger partial charge in [0.25, 0.3) is 0 Å². The van der Waals surface area contributed by atoms with Gasteiger partial charge in [0.05, 0.1) is 39.9 Å². The molecular formula is C50H90N2O6P+. The number of nitrogens with one attached hydrogen (secondary N) is 1. The average molecular weight is 846 g/mol. The quantitative estimate of drug-likeness (QED) is 0.0245. The standard InChI is InChI=1S/C50H89N2O6P/c1-6-8-10-12-13-14-15-16-17-18-19-20-21-22-23-24-25-26-27-28-29-30-31-32-33-34-35-36-37-38-39-40-42-44-50(54)51-48(49(53)43-41-11-9-7-2)47-58-59(55,56)57-46-45-52(3,4)5/h8,10,13-14,16-17,19-20,22-23,25-26,41,43,48-49,53H,6-7,9,11-12,15,18,21,24,27-40,42,44-47H2,1-5H3,(H-,51,54,55,56)/p+1/b10-8-,14-13-,17-16-,20-19-,23-22-,26-25-,43-41+. The third kappa shape index (κ3) is 43.6. The monoisotopic (exact) mass is 846 g/mol. The molecule has 0 aromatic carbocycles. The first kappa shape index (κ1) is 56.7. The topological polar surface area (TPSA) is 105 Å². The van der Waals surface area contributed by atoms with Gasteiger partial charge in [-0.05, 0) is 64.2 Å². The van der Waals surface area contributed by atoms with Gasteiger partial charge in [-0.25, -0.2) is 4.57 Å². The van der Waals surface area contributed by atoms with E-state index in [-0.39, 0.29) is 19.1 Å². The summed E-state index contributed by atoms with van der Waals surface area (Å²) in [4.78, 5) is 22.9. The zero-order valence-electron chi connectivity index (χ0n) is 38.5. The van der Waals surface area contributed by atoms with Gasteiger partial charge in [-0.1, -0.05) is 189 Å². The first-order valence-electron chi connectivity index (χ1n) is 23.5. The van der Waals surface area contributed by atoms with E-state index in [1.807, 2.05) is 27.2 Å². The first-order valence-corrected chi connectivity index (χ1v) is 25.0. The van der Waals surface area contributed by atoms with Crippen molar-refractivity contribution in [3.63, 3.8) is 0 Å². The maximum absolute atomic E-state index is 12.7. The number of quaternary nitrogens is 1. The highest BCUT2D eigenvalue weighted by Gasteiger charge is 2.27. The smallest absolute Gasteiger partial charge is 0.387 e. The molecule has 0 bridgehead atoms. The van der Waals surface area contributed by atoms with E-state index < -0.39 is 20.0 Å². The van der Waals surface area contributed by atoms with E-state index in [4.69, 9.17) is 9.05 Å². The number of aliphatic hydroxyl groups excluding tert-OH is 1. The summed E-state index contributed by atoms with van der Waals surface area (Å²) in [6.45, 7) is 4.52. The molecule has 0 radical (unpaired) electrons. The van der Waals surface area contributed by atoms with Crippen LogP contribution in [0.25, 0.3) is 0 Å². The third-order valence-corrected chi connectivity index (χ3v) is 10.9. The summed E-state index contributed by atoms with van der Waals surface area (Å²) in [7, 11) is 1.55. The van der Waals surface area contributed by atoms with Crippen molar-refractivity contribution in [1.82, 2.24) is 5.32 Å². The predicted octanol–water partition coefficient (Wildman–Crippen LogP) is 13.4. The Bertz CT molecular complexity index is 1230. The van der Waals surface area contributed by atoms with Crippen molar-refractivity contribution < 1.29 is 32.9 Å². The van der Waals surface area contributed by atoms with Crippen molar-refractivity contribution in [3.05, 3.63) is 85.1 Å². The van der Waals surface area contributed by atoms with Crippen molar-refractivity contribution in [2.45, 2.75) is 187 Å². The summed E-state index contributed by atoms with van der Waals surface area (Å²) in [6, 6.07) is -0.845. The van der Waals surface area contributed by atoms with Gasteiger partial charge >= 0.3 is 7.82 Å². The molecule has 0 saturated carbocycles. The predicted molar refractivity (Wildman–Crippen MR) is 253 cm³/mol. The van der Waals surface area contributed by atoms with Crippen molar-refractivity contribution in [2.24, 2.45) is 0 Å². The van der Waals surface area contributed by atoms with Crippen LogP contribution in [0.1, 0.15) is 174 Å². The fraction of sp³-hybridized carbons (Fsp3) is 0.700. The maximum Gasteiger partial charge on any atom is 0.472 e. The molecule has 59 heavy (non-hydrogen) atoms. The van der Waals surface area contributed by atoms with Gasteiger partial charge < -0.3 is 19.8 Å². The normalized spacial score (nSPS) is 15.0. The van der Waals surface area contributed by atoms with Crippen molar-refractivity contribution in [2.75, 3.05) is 40.9 Å². The third-order valence-electron chi connectivity index (χ3n) is 9.87. The summed E-state index contributed by atoms with van der Waals surface area (Å²) >= 11 is 0. The van der Waals surface area contributed by atoms with E-state index in [2.05, 4.69) is 92.1 Å². The Morgan fingerprint density at radius 2 is 1.02 bits per heavy atom. The van der Waals surface area contributed by atoms with Gasteiger partial charge in [-0.15, -0.1) is 0 Å². The number of phosphoric acid groups is 1. The number of aliphatic hydroxyl groups is 1. The average Bonchev–Trinajstić information content (AvgIpc) is 3.19. The second-order valence-corrected chi connectivity index (χ2v) is 18.2. The molecule has 1 amide bonds.